The molecule has 0 unspecified atom stereocenters. The Morgan fingerprint density at radius 1 is 1.28 bits per heavy atom. The summed E-state index contributed by atoms with van der Waals surface area (Å²) in [5.74, 6) is 0.363. The number of imidazole rings is 1. The Labute approximate surface area is 150 Å². The van der Waals surface area contributed by atoms with Crippen LogP contribution in [0.5, 0.6) is 0 Å². The van der Waals surface area contributed by atoms with Gasteiger partial charge in [-0.2, -0.15) is 0 Å². The standard InChI is InChI=1S/C16H18ClN3O4S/c1-12-14(11-25(17,22)23)20-8-7-19(9-15(20)18-12)16(21)24-10-13-5-3-2-4-6-13/h2-6H,7-11H2,1H3. The Balaban J connectivity index is 1.67. The first-order valence-corrected chi connectivity index (χ1v) is 10.2. The maximum Gasteiger partial charge on any atom is 0.410 e. The number of fused-ring (bicyclic) bond motifs is 1. The number of aromatic nitrogens is 2. The zero-order valence-electron chi connectivity index (χ0n) is 13.7. The highest BCUT2D eigenvalue weighted by Crippen LogP contribution is 2.21. The fourth-order valence-corrected chi connectivity index (χ4v) is 3.84. The summed E-state index contributed by atoms with van der Waals surface area (Å²) in [4.78, 5) is 18.2. The number of aryl methyl sites for hydroxylation is 1. The Bertz CT molecular complexity index is 880. The number of hydrogen-bond donors (Lipinski definition) is 0. The van der Waals surface area contributed by atoms with Crippen LogP contribution in [0.4, 0.5) is 4.79 Å². The van der Waals surface area contributed by atoms with Crippen molar-refractivity contribution in [3.05, 3.63) is 53.1 Å². The number of hydrogen-bond acceptors (Lipinski definition) is 5. The van der Waals surface area contributed by atoms with Crippen molar-refractivity contribution in [1.29, 1.82) is 0 Å². The number of nitrogens with zero attached hydrogens (tertiary/aromatic N) is 3. The van der Waals surface area contributed by atoms with Crippen LogP contribution in [0, 0.1) is 6.92 Å². The van der Waals surface area contributed by atoms with Crippen LogP contribution in [-0.2, 0) is 39.2 Å². The van der Waals surface area contributed by atoms with E-state index in [-0.39, 0.29) is 18.9 Å². The van der Waals surface area contributed by atoms with Crippen LogP contribution in [-0.4, -0.2) is 35.5 Å². The van der Waals surface area contributed by atoms with Crippen LogP contribution in [0.3, 0.4) is 0 Å². The van der Waals surface area contributed by atoms with E-state index >= 15 is 0 Å². The molecule has 0 spiro atoms. The van der Waals surface area contributed by atoms with Crippen LogP contribution in [0.15, 0.2) is 30.3 Å². The van der Waals surface area contributed by atoms with Gasteiger partial charge in [0.1, 0.15) is 18.2 Å². The molecule has 1 aromatic carbocycles. The van der Waals surface area contributed by atoms with Crippen LogP contribution < -0.4 is 0 Å². The molecule has 0 bridgehead atoms. The third-order valence-corrected chi connectivity index (χ3v) is 5.00. The summed E-state index contributed by atoms with van der Waals surface area (Å²) in [7, 11) is 1.70. The number of benzene rings is 1. The van der Waals surface area contributed by atoms with Crippen LogP contribution >= 0.6 is 10.7 Å². The maximum absolute atomic E-state index is 12.3. The average molecular weight is 384 g/mol. The molecule has 134 valence electrons. The molecule has 7 nitrogen and oxygen atoms in total. The quantitative estimate of drug-likeness (QED) is 0.757. The molecule has 2 heterocycles. The Kier molecular flexibility index (Phi) is 5.01. The van der Waals surface area contributed by atoms with E-state index in [1.54, 1.807) is 11.8 Å². The van der Waals surface area contributed by atoms with Gasteiger partial charge in [-0.25, -0.2) is 18.2 Å². The topological polar surface area (TPSA) is 81.5 Å². The van der Waals surface area contributed by atoms with Gasteiger partial charge in [-0.05, 0) is 12.5 Å². The van der Waals surface area contributed by atoms with Crippen molar-refractivity contribution in [1.82, 2.24) is 14.5 Å². The molecule has 2 aromatic rings. The van der Waals surface area contributed by atoms with Crippen molar-refractivity contribution < 1.29 is 17.9 Å². The van der Waals surface area contributed by atoms with E-state index in [4.69, 9.17) is 15.4 Å². The van der Waals surface area contributed by atoms with E-state index in [0.29, 0.717) is 30.3 Å². The third kappa shape index (κ3) is 4.32. The molecular weight excluding hydrogens is 366 g/mol. The Morgan fingerprint density at radius 3 is 2.68 bits per heavy atom. The molecule has 9 heteroatoms. The molecular formula is C16H18ClN3O4S. The van der Waals surface area contributed by atoms with Crippen molar-refractivity contribution in [2.45, 2.75) is 32.4 Å². The number of carbonyl (C=O) groups excluding carboxylic acids is 1. The number of halogens is 1. The first-order valence-electron chi connectivity index (χ1n) is 7.76. The molecule has 3 rings (SSSR count). The highest BCUT2D eigenvalue weighted by molar-refractivity contribution is 8.13. The number of ether oxygens (including phenoxy) is 1. The van der Waals surface area contributed by atoms with E-state index in [2.05, 4.69) is 4.98 Å². The van der Waals surface area contributed by atoms with Crippen LogP contribution in [0.2, 0.25) is 0 Å². The van der Waals surface area contributed by atoms with Gasteiger partial charge in [0, 0.05) is 23.8 Å². The van der Waals surface area contributed by atoms with Crippen molar-refractivity contribution >= 4 is 25.8 Å². The minimum atomic E-state index is -3.67. The average Bonchev–Trinajstić information content (AvgIpc) is 2.87. The Hall–Kier alpha value is -2.06. The summed E-state index contributed by atoms with van der Waals surface area (Å²) < 4.78 is 29.9. The summed E-state index contributed by atoms with van der Waals surface area (Å²) in [6.45, 7) is 3.10. The zero-order chi connectivity index (χ0) is 18.0. The monoisotopic (exact) mass is 383 g/mol. The SMILES string of the molecule is Cc1nc2n(c1CS(=O)(=O)Cl)CCN(C(=O)OCc1ccccc1)C2. The smallest absolute Gasteiger partial charge is 0.410 e. The second kappa shape index (κ2) is 7.05. The molecule has 0 saturated carbocycles. The van der Waals surface area contributed by atoms with E-state index in [0.717, 1.165) is 5.56 Å². The van der Waals surface area contributed by atoms with Crippen molar-refractivity contribution in [3.8, 4) is 0 Å². The lowest BCUT2D eigenvalue weighted by atomic mass is 10.2. The van der Waals surface area contributed by atoms with Crippen LogP contribution in [0.25, 0.3) is 0 Å². The molecule has 0 fully saturated rings. The molecule has 1 aliphatic rings. The summed E-state index contributed by atoms with van der Waals surface area (Å²) >= 11 is 0. The summed E-state index contributed by atoms with van der Waals surface area (Å²) in [5.41, 5.74) is 2.10. The third-order valence-electron chi connectivity index (χ3n) is 4.05. The summed E-state index contributed by atoms with van der Waals surface area (Å²) in [5, 5.41) is 0. The van der Waals surface area contributed by atoms with Gasteiger partial charge >= 0.3 is 6.09 Å². The molecule has 1 amide bonds. The lowest BCUT2D eigenvalue weighted by molar-refractivity contribution is 0.0860. The first kappa shape index (κ1) is 17.8. The molecule has 0 atom stereocenters. The van der Waals surface area contributed by atoms with Crippen LogP contribution in [0.1, 0.15) is 22.8 Å². The van der Waals surface area contributed by atoms with Gasteiger partial charge in [-0.3, -0.25) is 4.90 Å². The second-order valence-corrected chi connectivity index (χ2v) is 8.63. The molecule has 0 N–H and O–H groups in total. The predicted molar refractivity (Wildman–Crippen MR) is 92.5 cm³/mol. The molecule has 1 aliphatic heterocycles. The number of rotatable bonds is 4. The minimum absolute atomic E-state index is 0.208. The van der Waals surface area contributed by atoms with E-state index < -0.39 is 15.1 Å². The largest absolute Gasteiger partial charge is 0.445 e. The van der Waals surface area contributed by atoms with Gasteiger partial charge in [0.25, 0.3) is 0 Å². The maximum atomic E-state index is 12.3. The molecule has 25 heavy (non-hydrogen) atoms. The highest BCUT2D eigenvalue weighted by atomic mass is 35.7. The van der Waals surface area contributed by atoms with Gasteiger partial charge < -0.3 is 9.30 Å². The first-order chi connectivity index (χ1) is 11.8. The van der Waals surface area contributed by atoms with E-state index in [1.165, 1.54) is 0 Å². The number of amides is 1. The van der Waals surface area contributed by atoms with E-state index in [9.17, 15) is 13.2 Å². The molecule has 1 aromatic heterocycles. The lowest BCUT2D eigenvalue weighted by Gasteiger charge is -2.27. The van der Waals surface area contributed by atoms with Crippen molar-refractivity contribution in [2.24, 2.45) is 0 Å². The van der Waals surface area contributed by atoms with Gasteiger partial charge in [0.15, 0.2) is 0 Å². The van der Waals surface area contributed by atoms with Gasteiger partial charge in [-0.15, -0.1) is 0 Å². The van der Waals surface area contributed by atoms with Crippen molar-refractivity contribution in [3.63, 3.8) is 0 Å². The van der Waals surface area contributed by atoms with Crippen molar-refractivity contribution in [2.75, 3.05) is 6.54 Å². The van der Waals surface area contributed by atoms with Gasteiger partial charge in [0.05, 0.1) is 17.9 Å². The molecule has 0 saturated heterocycles. The summed E-state index contributed by atoms with van der Waals surface area (Å²) in [6.07, 6.45) is -0.415. The number of carbonyl (C=O) groups is 1. The lowest BCUT2D eigenvalue weighted by Crippen LogP contribution is -2.39. The summed E-state index contributed by atoms with van der Waals surface area (Å²) in [6, 6.07) is 9.44. The highest BCUT2D eigenvalue weighted by Gasteiger charge is 2.27. The normalized spacial score (nSPS) is 14.2. The fourth-order valence-electron chi connectivity index (χ4n) is 2.84. The molecule has 0 radical (unpaired) electrons. The molecule has 0 aliphatic carbocycles. The zero-order valence-corrected chi connectivity index (χ0v) is 15.3. The van der Waals surface area contributed by atoms with Gasteiger partial charge in [-0.1, -0.05) is 30.3 Å². The Morgan fingerprint density at radius 2 is 2.00 bits per heavy atom. The van der Waals surface area contributed by atoms with E-state index in [1.807, 2.05) is 34.9 Å². The van der Waals surface area contributed by atoms with Gasteiger partial charge in [0.2, 0.25) is 9.05 Å². The predicted octanol–water partition coefficient (Wildman–Crippen LogP) is 2.41. The fraction of sp³-hybridized carbons (Fsp3) is 0.375. The minimum Gasteiger partial charge on any atom is -0.445 e. The second-order valence-electron chi connectivity index (χ2n) is 5.86.